The van der Waals surface area contributed by atoms with Gasteiger partial charge < -0.3 is 14.9 Å². The Morgan fingerprint density at radius 3 is 2.80 bits per heavy atom. The summed E-state index contributed by atoms with van der Waals surface area (Å²) in [5, 5.41) is 16.7. The Morgan fingerprint density at radius 1 is 1.35 bits per heavy atom. The molecule has 2 heterocycles. The van der Waals surface area contributed by atoms with Gasteiger partial charge in [0.05, 0.1) is 5.69 Å². The van der Waals surface area contributed by atoms with Crippen molar-refractivity contribution in [1.29, 1.82) is 0 Å². The third-order valence-corrected chi connectivity index (χ3v) is 3.40. The second-order valence-electron chi connectivity index (χ2n) is 5.01. The van der Waals surface area contributed by atoms with E-state index < -0.39 is 0 Å². The molecule has 0 bridgehead atoms. The number of aliphatic hydroxyl groups excluding tert-OH is 1. The summed E-state index contributed by atoms with van der Waals surface area (Å²) in [6, 6.07) is 5.85. The number of hydrogen-bond donors (Lipinski definition) is 2. The highest BCUT2D eigenvalue weighted by Gasteiger charge is 2.12. The van der Waals surface area contributed by atoms with Crippen LogP contribution >= 0.6 is 0 Å². The first-order valence-electron chi connectivity index (χ1n) is 6.84. The van der Waals surface area contributed by atoms with E-state index in [2.05, 4.69) is 15.5 Å². The molecular formula is C15H21N3O2. The van der Waals surface area contributed by atoms with Crippen LogP contribution in [0.2, 0.25) is 0 Å². The fourth-order valence-electron chi connectivity index (χ4n) is 2.17. The average molecular weight is 275 g/mol. The molecule has 20 heavy (non-hydrogen) atoms. The molecule has 0 spiro atoms. The van der Waals surface area contributed by atoms with Crippen LogP contribution in [0.5, 0.6) is 0 Å². The Balaban J connectivity index is 1.82. The molecule has 0 aliphatic carbocycles. The Morgan fingerprint density at radius 2 is 2.20 bits per heavy atom. The van der Waals surface area contributed by atoms with Gasteiger partial charge in [0.25, 0.3) is 0 Å². The van der Waals surface area contributed by atoms with E-state index in [1.165, 1.54) is 0 Å². The van der Waals surface area contributed by atoms with Gasteiger partial charge in [-0.3, -0.25) is 4.98 Å². The van der Waals surface area contributed by atoms with Crippen molar-refractivity contribution in [3.8, 4) is 0 Å². The number of nitrogens with zero attached hydrogens (tertiary/aromatic N) is 2. The lowest BCUT2D eigenvalue weighted by Crippen LogP contribution is -2.27. The van der Waals surface area contributed by atoms with E-state index in [1.807, 2.05) is 32.0 Å². The number of aryl methyl sites for hydroxylation is 2. The molecule has 0 aromatic carbocycles. The molecule has 0 aliphatic rings. The number of hydrogen-bond acceptors (Lipinski definition) is 5. The Hall–Kier alpha value is -1.72. The maximum atomic E-state index is 9.46. The quantitative estimate of drug-likeness (QED) is 0.803. The molecule has 5 heteroatoms. The molecule has 1 unspecified atom stereocenters. The molecule has 108 valence electrons. The smallest absolute Gasteiger partial charge is 0.138 e. The second-order valence-corrected chi connectivity index (χ2v) is 5.01. The highest BCUT2D eigenvalue weighted by atomic mass is 16.5. The second kappa shape index (κ2) is 7.17. The topological polar surface area (TPSA) is 71.2 Å². The van der Waals surface area contributed by atoms with Crippen LogP contribution in [0.1, 0.15) is 22.7 Å². The number of pyridine rings is 1. The van der Waals surface area contributed by atoms with Gasteiger partial charge in [0, 0.05) is 37.2 Å². The van der Waals surface area contributed by atoms with E-state index in [1.54, 1.807) is 6.20 Å². The van der Waals surface area contributed by atoms with Crippen LogP contribution in [0.3, 0.4) is 0 Å². The van der Waals surface area contributed by atoms with Crippen molar-refractivity contribution in [3.63, 3.8) is 0 Å². The van der Waals surface area contributed by atoms with E-state index >= 15 is 0 Å². The van der Waals surface area contributed by atoms with Gasteiger partial charge in [-0.15, -0.1) is 0 Å². The molecule has 1 atom stereocenters. The Bertz CT molecular complexity index is 506. The fraction of sp³-hybridized carbons (Fsp3) is 0.467. The van der Waals surface area contributed by atoms with Gasteiger partial charge in [-0.1, -0.05) is 11.2 Å². The van der Waals surface area contributed by atoms with E-state index in [4.69, 9.17) is 4.52 Å². The van der Waals surface area contributed by atoms with E-state index in [-0.39, 0.29) is 12.5 Å². The van der Waals surface area contributed by atoms with Gasteiger partial charge in [0.2, 0.25) is 0 Å². The summed E-state index contributed by atoms with van der Waals surface area (Å²) in [7, 11) is 0. The largest absolute Gasteiger partial charge is 0.396 e. The minimum Gasteiger partial charge on any atom is -0.396 e. The molecule has 0 amide bonds. The summed E-state index contributed by atoms with van der Waals surface area (Å²) in [6.45, 7) is 5.43. The van der Waals surface area contributed by atoms with Gasteiger partial charge in [-0.2, -0.15) is 0 Å². The number of aliphatic hydroxyl groups is 1. The first-order valence-corrected chi connectivity index (χ1v) is 6.84. The average Bonchev–Trinajstić information content (AvgIpc) is 2.79. The summed E-state index contributed by atoms with van der Waals surface area (Å²) in [5.41, 5.74) is 3.02. The number of aromatic nitrogens is 2. The van der Waals surface area contributed by atoms with Gasteiger partial charge in [-0.25, -0.2) is 0 Å². The molecule has 0 aliphatic heterocycles. The monoisotopic (exact) mass is 275 g/mol. The lowest BCUT2D eigenvalue weighted by Gasteiger charge is -2.14. The lowest BCUT2D eigenvalue weighted by atomic mass is 10.0. The summed E-state index contributed by atoms with van der Waals surface area (Å²) < 4.78 is 5.13. The molecule has 2 aromatic rings. The van der Waals surface area contributed by atoms with Crippen molar-refractivity contribution in [2.75, 3.05) is 13.2 Å². The molecular weight excluding hydrogens is 254 g/mol. The van der Waals surface area contributed by atoms with Gasteiger partial charge in [0.15, 0.2) is 0 Å². The van der Waals surface area contributed by atoms with E-state index in [9.17, 15) is 5.11 Å². The molecule has 2 rings (SSSR count). The normalized spacial score (nSPS) is 12.6. The van der Waals surface area contributed by atoms with E-state index in [0.29, 0.717) is 6.54 Å². The van der Waals surface area contributed by atoms with Crippen LogP contribution in [0.25, 0.3) is 0 Å². The first-order chi connectivity index (χ1) is 9.70. The van der Waals surface area contributed by atoms with Crippen molar-refractivity contribution in [2.45, 2.75) is 26.8 Å². The molecule has 5 nitrogen and oxygen atoms in total. The van der Waals surface area contributed by atoms with Crippen molar-refractivity contribution in [2.24, 2.45) is 5.92 Å². The summed E-state index contributed by atoms with van der Waals surface area (Å²) in [4.78, 5) is 4.29. The maximum absolute atomic E-state index is 9.46. The highest BCUT2D eigenvalue weighted by Crippen LogP contribution is 2.12. The SMILES string of the molecule is Cc1noc(C)c1CNCC(CO)Cc1ccccn1. The molecule has 0 saturated heterocycles. The van der Waals surface area contributed by atoms with Crippen LogP contribution < -0.4 is 5.32 Å². The van der Waals surface area contributed by atoms with Gasteiger partial charge >= 0.3 is 0 Å². The van der Waals surface area contributed by atoms with Crippen molar-refractivity contribution in [3.05, 3.63) is 47.1 Å². The minimum atomic E-state index is 0.144. The molecule has 0 fully saturated rings. The zero-order chi connectivity index (χ0) is 14.4. The van der Waals surface area contributed by atoms with Gasteiger partial charge in [0.1, 0.15) is 5.76 Å². The molecule has 2 N–H and O–H groups in total. The van der Waals surface area contributed by atoms with Crippen LogP contribution in [0.15, 0.2) is 28.9 Å². The predicted octanol–water partition coefficient (Wildman–Crippen LogP) is 1.63. The van der Waals surface area contributed by atoms with E-state index in [0.717, 1.165) is 35.7 Å². The summed E-state index contributed by atoms with van der Waals surface area (Å²) in [5.74, 6) is 1.01. The van der Waals surface area contributed by atoms with Crippen molar-refractivity contribution < 1.29 is 9.63 Å². The zero-order valence-electron chi connectivity index (χ0n) is 12.0. The highest BCUT2D eigenvalue weighted by molar-refractivity contribution is 5.20. The number of rotatable bonds is 7. The summed E-state index contributed by atoms with van der Waals surface area (Å²) in [6.07, 6.45) is 2.55. The predicted molar refractivity (Wildman–Crippen MR) is 76.2 cm³/mol. The van der Waals surface area contributed by atoms with Crippen molar-refractivity contribution >= 4 is 0 Å². The van der Waals surface area contributed by atoms with Crippen LogP contribution in [0.4, 0.5) is 0 Å². The van der Waals surface area contributed by atoms with Crippen LogP contribution in [-0.4, -0.2) is 28.4 Å². The minimum absolute atomic E-state index is 0.144. The Labute approximate surface area is 119 Å². The molecule has 0 radical (unpaired) electrons. The zero-order valence-corrected chi connectivity index (χ0v) is 12.0. The third-order valence-electron chi connectivity index (χ3n) is 3.40. The fourth-order valence-corrected chi connectivity index (χ4v) is 2.17. The van der Waals surface area contributed by atoms with Gasteiger partial charge in [-0.05, 0) is 38.3 Å². The third kappa shape index (κ3) is 3.88. The summed E-state index contributed by atoms with van der Waals surface area (Å²) >= 11 is 0. The van der Waals surface area contributed by atoms with Crippen LogP contribution in [-0.2, 0) is 13.0 Å². The first kappa shape index (κ1) is 14.7. The molecule has 0 saturated carbocycles. The standard InChI is InChI=1S/C15H21N3O2/c1-11-15(12(2)20-18-11)9-16-8-13(10-19)7-14-5-3-4-6-17-14/h3-6,13,16,19H,7-10H2,1-2H3. The van der Waals surface area contributed by atoms with Crippen molar-refractivity contribution in [1.82, 2.24) is 15.5 Å². The van der Waals surface area contributed by atoms with Crippen LogP contribution in [0, 0.1) is 19.8 Å². The molecule has 2 aromatic heterocycles. The maximum Gasteiger partial charge on any atom is 0.138 e. The Kier molecular flexibility index (Phi) is 5.26. The number of nitrogens with one attached hydrogen (secondary N) is 1. The lowest BCUT2D eigenvalue weighted by molar-refractivity contribution is 0.220.